The van der Waals surface area contributed by atoms with Crippen molar-refractivity contribution in [3.63, 3.8) is 0 Å². The van der Waals surface area contributed by atoms with E-state index >= 15 is 0 Å². The molecule has 4 nitrogen and oxygen atoms in total. The summed E-state index contributed by atoms with van der Waals surface area (Å²) in [5.41, 5.74) is -0.630. The first-order valence-electron chi connectivity index (χ1n) is 15.0. The zero-order chi connectivity index (χ0) is 22.5. The molecular weight excluding hydrogens is 410 g/mol. The molecule has 4 heterocycles. The molecule has 4 aliphatic heterocycles. The average Bonchev–Trinajstić information content (AvgIpc) is 2.83. The summed E-state index contributed by atoms with van der Waals surface area (Å²) >= 11 is 0. The van der Waals surface area contributed by atoms with Crippen molar-refractivity contribution in [2.45, 2.75) is 159 Å². The van der Waals surface area contributed by atoms with E-state index in [9.17, 15) is 5.11 Å². The van der Waals surface area contributed by atoms with Crippen molar-refractivity contribution in [2.75, 3.05) is 13.1 Å². The molecular formula is C29H51NO3. The van der Waals surface area contributed by atoms with Crippen LogP contribution in [0.15, 0.2) is 0 Å². The van der Waals surface area contributed by atoms with Crippen molar-refractivity contribution in [2.24, 2.45) is 11.8 Å². The Morgan fingerprint density at radius 2 is 1.18 bits per heavy atom. The Labute approximate surface area is 203 Å². The van der Waals surface area contributed by atoms with Crippen LogP contribution in [-0.4, -0.2) is 53.2 Å². The second kappa shape index (κ2) is 11.7. The molecule has 33 heavy (non-hydrogen) atoms. The summed E-state index contributed by atoms with van der Waals surface area (Å²) < 4.78 is 13.4. The average molecular weight is 462 g/mol. The van der Waals surface area contributed by atoms with Crippen LogP contribution in [0.3, 0.4) is 0 Å². The number of ether oxygens (including phenoxy) is 2. The number of piperidine rings is 1. The summed E-state index contributed by atoms with van der Waals surface area (Å²) in [7, 11) is 0. The molecule has 4 bridgehead atoms. The molecule has 5 rings (SSSR count). The van der Waals surface area contributed by atoms with Gasteiger partial charge >= 0.3 is 0 Å². The van der Waals surface area contributed by atoms with Crippen LogP contribution in [0.1, 0.15) is 128 Å². The zero-order valence-corrected chi connectivity index (χ0v) is 21.2. The van der Waals surface area contributed by atoms with E-state index in [2.05, 4.69) is 4.90 Å². The predicted octanol–water partition coefficient (Wildman–Crippen LogP) is 6.59. The summed E-state index contributed by atoms with van der Waals surface area (Å²) in [6.45, 7) is 2.22. The fourth-order valence-corrected chi connectivity index (χ4v) is 8.02. The van der Waals surface area contributed by atoms with Gasteiger partial charge in [-0.2, -0.15) is 0 Å². The van der Waals surface area contributed by atoms with E-state index < -0.39 is 5.60 Å². The van der Waals surface area contributed by atoms with Crippen LogP contribution in [0.2, 0.25) is 0 Å². The Morgan fingerprint density at radius 1 is 0.545 bits per heavy atom. The Morgan fingerprint density at radius 3 is 2.00 bits per heavy atom. The van der Waals surface area contributed by atoms with Crippen molar-refractivity contribution in [3.05, 3.63) is 0 Å². The topological polar surface area (TPSA) is 41.9 Å². The minimum absolute atomic E-state index is 0.0533. The van der Waals surface area contributed by atoms with E-state index in [0.29, 0.717) is 18.3 Å². The van der Waals surface area contributed by atoms with Gasteiger partial charge in [-0.15, -0.1) is 0 Å². The quantitative estimate of drug-likeness (QED) is 0.442. The predicted molar refractivity (Wildman–Crippen MR) is 133 cm³/mol. The van der Waals surface area contributed by atoms with Crippen LogP contribution >= 0.6 is 0 Å². The smallest absolute Gasteiger partial charge is 0.140 e. The molecule has 4 heteroatoms. The van der Waals surface area contributed by atoms with Crippen LogP contribution in [0.5, 0.6) is 0 Å². The van der Waals surface area contributed by atoms with E-state index in [1.54, 1.807) is 0 Å². The lowest BCUT2D eigenvalue weighted by atomic mass is 9.72. The minimum atomic E-state index is -0.630. The van der Waals surface area contributed by atoms with Crippen LogP contribution in [0, 0.1) is 11.8 Å². The summed E-state index contributed by atoms with van der Waals surface area (Å²) in [6, 6.07) is 0. The van der Waals surface area contributed by atoms with Crippen molar-refractivity contribution in [1.82, 2.24) is 4.90 Å². The van der Waals surface area contributed by atoms with Crippen molar-refractivity contribution in [3.8, 4) is 0 Å². The normalized spacial score (nSPS) is 44.6. The molecule has 0 aromatic rings. The summed E-state index contributed by atoms with van der Waals surface area (Å²) in [5.74, 6) is 1.68. The van der Waals surface area contributed by atoms with E-state index in [4.69, 9.17) is 9.47 Å². The molecule has 7 atom stereocenters. The Balaban J connectivity index is 1.19. The van der Waals surface area contributed by atoms with Gasteiger partial charge in [-0.25, -0.2) is 0 Å². The fourth-order valence-electron chi connectivity index (χ4n) is 8.02. The van der Waals surface area contributed by atoms with Gasteiger partial charge in [0.25, 0.3) is 0 Å². The van der Waals surface area contributed by atoms with Gasteiger partial charge in [0, 0.05) is 13.1 Å². The molecule has 0 aromatic heterocycles. The highest BCUT2D eigenvalue weighted by Gasteiger charge is 2.46. The maximum Gasteiger partial charge on any atom is 0.140 e. The molecule has 190 valence electrons. The van der Waals surface area contributed by atoms with E-state index in [1.807, 2.05) is 0 Å². The molecule has 4 saturated heterocycles. The fraction of sp³-hybridized carbons (Fsp3) is 1.00. The Bertz CT molecular complexity index is 599. The van der Waals surface area contributed by atoms with Gasteiger partial charge in [-0.3, -0.25) is 4.90 Å². The molecule has 0 amide bonds. The highest BCUT2D eigenvalue weighted by Crippen LogP contribution is 2.42. The molecule has 1 saturated carbocycles. The first kappa shape index (κ1) is 24.5. The number of hydrogen-bond acceptors (Lipinski definition) is 4. The molecule has 1 aliphatic carbocycles. The van der Waals surface area contributed by atoms with Crippen molar-refractivity contribution >= 4 is 0 Å². The van der Waals surface area contributed by atoms with Crippen LogP contribution in [0.4, 0.5) is 0 Å². The van der Waals surface area contributed by atoms with Gasteiger partial charge in [0.2, 0.25) is 0 Å². The number of rotatable bonds is 0. The maximum atomic E-state index is 11.6. The molecule has 5 aliphatic rings. The Kier molecular flexibility index (Phi) is 8.71. The number of aliphatic hydroxyl groups is 1. The highest BCUT2D eigenvalue weighted by atomic mass is 16.5. The number of nitrogens with zero attached hydrogens (tertiary/aromatic N) is 1. The minimum Gasteiger partial charge on any atom is -0.386 e. The largest absolute Gasteiger partial charge is 0.386 e. The highest BCUT2D eigenvalue weighted by molar-refractivity contribution is 4.95. The first-order chi connectivity index (χ1) is 16.2. The standard InChI is InChI=1S/C29H51NO3/c31-29-19-8-4-3-7-14-25-17-16-24-13-9-12-23(27(24)32-25)11-5-1-2-6-15-26-18-22-30(21-10-20-29)28(29)33-26/h23-28,31H,1-22H2. The van der Waals surface area contributed by atoms with Gasteiger partial charge in [-0.05, 0) is 82.5 Å². The summed E-state index contributed by atoms with van der Waals surface area (Å²) in [6.07, 6.45) is 26.6. The van der Waals surface area contributed by atoms with Gasteiger partial charge in [0.1, 0.15) is 11.8 Å². The third kappa shape index (κ3) is 6.16. The van der Waals surface area contributed by atoms with E-state index in [-0.39, 0.29) is 6.23 Å². The van der Waals surface area contributed by atoms with Gasteiger partial charge in [-0.1, -0.05) is 57.8 Å². The zero-order valence-electron chi connectivity index (χ0n) is 21.2. The van der Waals surface area contributed by atoms with Gasteiger partial charge < -0.3 is 14.6 Å². The lowest BCUT2D eigenvalue weighted by Crippen LogP contribution is -2.61. The molecule has 7 unspecified atom stereocenters. The van der Waals surface area contributed by atoms with Crippen LogP contribution in [0.25, 0.3) is 0 Å². The first-order valence-corrected chi connectivity index (χ1v) is 15.0. The molecule has 1 N–H and O–H groups in total. The second-order valence-corrected chi connectivity index (χ2v) is 12.3. The van der Waals surface area contributed by atoms with Crippen molar-refractivity contribution in [1.29, 1.82) is 0 Å². The van der Waals surface area contributed by atoms with Crippen LogP contribution in [-0.2, 0) is 9.47 Å². The third-order valence-corrected chi connectivity index (χ3v) is 9.93. The second-order valence-electron chi connectivity index (χ2n) is 12.3. The molecule has 0 spiro atoms. The number of fused-ring (bicyclic) bond motifs is 2. The molecule has 5 fully saturated rings. The molecule has 0 radical (unpaired) electrons. The molecule has 0 aromatic carbocycles. The van der Waals surface area contributed by atoms with Crippen LogP contribution < -0.4 is 0 Å². The van der Waals surface area contributed by atoms with E-state index in [0.717, 1.165) is 57.0 Å². The van der Waals surface area contributed by atoms with Crippen molar-refractivity contribution < 1.29 is 14.6 Å². The lowest BCUT2D eigenvalue weighted by molar-refractivity contribution is -0.245. The monoisotopic (exact) mass is 461 g/mol. The van der Waals surface area contributed by atoms with Gasteiger partial charge in [0.15, 0.2) is 0 Å². The maximum absolute atomic E-state index is 11.6. The summed E-state index contributed by atoms with van der Waals surface area (Å²) in [5, 5.41) is 11.6. The summed E-state index contributed by atoms with van der Waals surface area (Å²) in [4.78, 5) is 2.44. The SMILES string of the molecule is OC12CCCCCCC3CCC4CCCC(CCCCCCC5CCN(CCC1)C2O5)C4O3. The lowest BCUT2D eigenvalue weighted by Gasteiger charge is -2.51. The van der Waals surface area contributed by atoms with E-state index in [1.165, 1.54) is 96.3 Å². The third-order valence-electron chi connectivity index (χ3n) is 9.93. The van der Waals surface area contributed by atoms with Gasteiger partial charge in [0.05, 0.1) is 18.3 Å². The number of hydrogen-bond donors (Lipinski definition) is 1. The Hall–Kier alpha value is -0.160.